The Kier molecular flexibility index (Phi) is 16.3. The van der Waals surface area contributed by atoms with E-state index in [4.69, 9.17) is 31.9 Å². The van der Waals surface area contributed by atoms with Crippen molar-refractivity contribution in [3.8, 4) is 6.07 Å². The second-order valence-corrected chi connectivity index (χ2v) is 10.6. The van der Waals surface area contributed by atoms with Crippen molar-refractivity contribution in [3.05, 3.63) is 0 Å². The first-order chi connectivity index (χ1) is 14.3. The molecule has 0 aliphatic rings. The Hall–Kier alpha value is -0.860. The molecule has 10 heteroatoms. The van der Waals surface area contributed by atoms with Crippen LogP contribution < -0.4 is 0 Å². The number of ether oxygens (including phenoxy) is 2. The van der Waals surface area contributed by atoms with E-state index >= 15 is 0 Å². The van der Waals surface area contributed by atoms with Gasteiger partial charge in [0, 0.05) is 12.4 Å². The Morgan fingerprint density at radius 2 is 1.93 bits per heavy atom. The third-order valence-corrected chi connectivity index (χ3v) is 7.21. The summed E-state index contributed by atoms with van der Waals surface area (Å²) in [6, 6.07) is 2.25. The van der Waals surface area contributed by atoms with Crippen LogP contribution >= 0.6 is 35.7 Å². The molecule has 172 valence electrons. The molecule has 0 radical (unpaired) electrons. The Morgan fingerprint density at radius 3 is 2.47 bits per heavy atom. The van der Waals surface area contributed by atoms with E-state index in [0.29, 0.717) is 22.1 Å². The summed E-state index contributed by atoms with van der Waals surface area (Å²) >= 11 is 7.64. The molecule has 2 N–H and O–H groups in total. The van der Waals surface area contributed by atoms with E-state index in [1.54, 1.807) is 6.92 Å². The number of thiocarbonyl (C=S) groups is 1. The number of carbonyl (C=O) groups is 2. The molecular weight excluding hydrogens is 446 g/mol. The molecule has 0 aromatic rings. The van der Waals surface area contributed by atoms with Crippen molar-refractivity contribution >= 4 is 51.2 Å². The smallest absolute Gasteiger partial charge is 0.319 e. The van der Waals surface area contributed by atoms with Crippen LogP contribution in [0.1, 0.15) is 52.4 Å². The number of aliphatic hydroxyl groups is 2. The van der Waals surface area contributed by atoms with Gasteiger partial charge in [-0.25, -0.2) is 0 Å². The van der Waals surface area contributed by atoms with E-state index < -0.39 is 28.5 Å². The first-order valence-electron chi connectivity index (χ1n) is 9.97. The number of hydrogen-bond acceptors (Lipinski definition) is 10. The van der Waals surface area contributed by atoms with Crippen LogP contribution in [0.15, 0.2) is 0 Å². The van der Waals surface area contributed by atoms with Gasteiger partial charge in [0.05, 0.1) is 37.7 Å². The fourth-order valence-electron chi connectivity index (χ4n) is 2.78. The largest absolute Gasteiger partial charge is 0.468 e. The van der Waals surface area contributed by atoms with Crippen molar-refractivity contribution in [1.82, 2.24) is 0 Å². The van der Waals surface area contributed by atoms with Crippen molar-refractivity contribution in [3.63, 3.8) is 0 Å². The van der Waals surface area contributed by atoms with Crippen LogP contribution in [0, 0.1) is 22.7 Å². The molecule has 0 amide bonds. The Bertz CT molecular complexity index is 583. The molecule has 0 aromatic carbocycles. The summed E-state index contributed by atoms with van der Waals surface area (Å²) in [7, 11) is 1.27. The van der Waals surface area contributed by atoms with Crippen molar-refractivity contribution in [2.45, 2.75) is 57.6 Å². The fraction of sp³-hybridized carbons (Fsp3) is 0.800. The van der Waals surface area contributed by atoms with Crippen LogP contribution in [0.4, 0.5) is 0 Å². The molecule has 0 saturated carbocycles. The van der Waals surface area contributed by atoms with E-state index in [-0.39, 0.29) is 32.7 Å². The maximum absolute atomic E-state index is 12.8. The molecule has 0 saturated heterocycles. The number of unbranched alkanes of at least 4 members (excludes halogenated alkanes) is 1. The van der Waals surface area contributed by atoms with Gasteiger partial charge in [-0.3, -0.25) is 9.59 Å². The second-order valence-electron chi connectivity index (χ2n) is 7.11. The molecule has 30 heavy (non-hydrogen) atoms. The highest BCUT2D eigenvalue weighted by Gasteiger charge is 2.36. The second kappa shape index (κ2) is 16.8. The van der Waals surface area contributed by atoms with Gasteiger partial charge >= 0.3 is 11.9 Å². The summed E-state index contributed by atoms with van der Waals surface area (Å²) in [6.07, 6.45) is 2.81. The Labute approximate surface area is 193 Å². The normalized spacial score (nSPS) is 14.8. The van der Waals surface area contributed by atoms with Crippen molar-refractivity contribution < 1.29 is 29.3 Å². The van der Waals surface area contributed by atoms with Crippen molar-refractivity contribution in [2.24, 2.45) is 11.3 Å². The van der Waals surface area contributed by atoms with Gasteiger partial charge in [-0.1, -0.05) is 37.3 Å². The molecule has 0 fully saturated rings. The molecule has 0 bridgehead atoms. The summed E-state index contributed by atoms with van der Waals surface area (Å²) in [4.78, 5) is 25.1. The fourth-order valence-corrected chi connectivity index (χ4v) is 5.26. The molecule has 3 unspecified atom stereocenters. The first-order valence-corrected chi connectivity index (χ1v) is 12.2. The molecule has 7 nitrogen and oxygen atoms in total. The minimum absolute atomic E-state index is 0.0357. The minimum atomic E-state index is -0.839. The van der Waals surface area contributed by atoms with Gasteiger partial charge in [0.15, 0.2) is 0 Å². The highest BCUT2D eigenvalue weighted by Crippen LogP contribution is 2.36. The number of nitrogens with zero attached hydrogens (tertiary/aromatic N) is 1. The number of aliphatic hydroxyl groups excluding tert-OH is 2. The maximum Gasteiger partial charge on any atom is 0.319 e. The summed E-state index contributed by atoms with van der Waals surface area (Å²) in [6.45, 7) is 3.94. The van der Waals surface area contributed by atoms with Crippen LogP contribution in [0.5, 0.6) is 0 Å². The van der Waals surface area contributed by atoms with Gasteiger partial charge in [-0.05, 0) is 39.0 Å². The topological polar surface area (TPSA) is 117 Å². The summed E-state index contributed by atoms with van der Waals surface area (Å²) in [5, 5.41) is 27.0. The number of hydrogen-bond donors (Lipinski definition) is 2. The predicted octanol–water partition coefficient (Wildman–Crippen LogP) is 3.31. The standard InChI is InChI=1S/C20H33NO6S3/c1-4-5-10-27-17(24)15(13-20(2,14-21)7-6-8-22)12-16(18(25)26-3)30-19(28)29-11-9-23/h15-16,22-23H,4-13H2,1-3H3. The van der Waals surface area contributed by atoms with Crippen LogP contribution in [-0.4, -0.2) is 63.6 Å². The van der Waals surface area contributed by atoms with E-state index in [1.807, 2.05) is 6.92 Å². The van der Waals surface area contributed by atoms with E-state index in [9.17, 15) is 14.9 Å². The number of methoxy groups -OCH3 is 1. The van der Waals surface area contributed by atoms with E-state index in [1.165, 1.54) is 18.9 Å². The third kappa shape index (κ3) is 12.1. The van der Waals surface area contributed by atoms with Gasteiger partial charge in [0.1, 0.15) is 8.78 Å². The van der Waals surface area contributed by atoms with Gasteiger partial charge in [0.25, 0.3) is 0 Å². The number of carbonyl (C=O) groups excluding carboxylic acids is 2. The number of thioether (sulfide) groups is 2. The molecule has 0 spiro atoms. The van der Waals surface area contributed by atoms with Gasteiger partial charge in [-0.15, -0.1) is 11.8 Å². The lowest BCUT2D eigenvalue weighted by atomic mass is 9.77. The molecule has 0 rings (SSSR count). The molecule has 0 aromatic heterocycles. The average Bonchev–Trinajstić information content (AvgIpc) is 2.74. The molecule has 0 aliphatic carbocycles. The van der Waals surface area contributed by atoms with Crippen LogP contribution in [0.25, 0.3) is 0 Å². The van der Waals surface area contributed by atoms with Crippen LogP contribution in [-0.2, 0) is 19.1 Å². The molecule has 3 atom stereocenters. The van der Waals surface area contributed by atoms with Crippen molar-refractivity contribution in [1.29, 1.82) is 5.26 Å². The third-order valence-electron chi connectivity index (χ3n) is 4.44. The zero-order valence-electron chi connectivity index (χ0n) is 17.9. The van der Waals surface area contributed by atoms with E-state index in [2.05, 4.69) is 6.07 Å². The average molecular weight is 480 g/mol. The molecular formula is C20H33NO6S3. The number of esters is 2. The zero-order chi connectivity index (χ0) is 23.0. The van der Waals surface area contributed by atoms with Gasteiger partial charge in [0.2, 0.25) is 0 Å². The lowest BCUT2D eigenvalue weighted by Crippen LogP contribution is -2.32. The number of rotatable bonds is 15. The van der Waals surface area contributed by atoms with Gasteiger partial charge < -0.3 is 19.7 Å². The van der Waals surface area contributed by atoms with Crippen molar-refractivity contribution in [2.75, 3.05) is 32.7 Å². The summed E-state index contributed by atoms with van der Waals surface area (Å²) in [5.41, 5.74) is -0.839. The van der Waals surface area contributed by atoms with Crippen LogP contribution in [0.3, 0.4) is 0 Å². The van der Waals surface area contributed by atoms with Gasteiger partial charge in [-0.2, -0.15) is 5.26 Å². The highest BCUT2D eigenvalue weighted by atomic mass is 32.2. The quantitative estimate of drug-likeness (QED) is 0.206. The van der Waals surface area contributed by atoms with E-state index in [0.717, 1.165) is 24.6 Å². The molecule has 0 heterocycles. The summed E-state index contributed by atoms with van der Waals surface area (Å²) < 4.78 is 10.8. The lowest BCUT2D eigenvalue weighted by molar-refractivity contribution is -0.150. The Balaban J connectivity index is 5.49. The minimum Gasteiger partial charge on any atom is -0.468 e. The van der Waals surface area contributed by atoms with Crippen LogP contribution in [0.2, 0.25) is 0 Å². The Morgan fingerprint density at radius 1 is 1.23 bits per heavy atom. The molecule has 0 aliphatic heterocycles. The lowest BCUT2D eigenvalue weighted by Gasteiger charge is -2.28. The SMILES string of the molecule is CCCCOC(=O)C(CC(SC(=S)SCCO)C(=O)OC)CC(C)(C#N)CCCO. The summed E-state index contributed by atoms with van der Waals surface area (Å²) in [5.74, 6) is -1.23. The predicted molar refractivity (Wildman–Crippen MR) is 124 cm³/mol. The first kappa shape index (κ1) is 29.1. The zero-order valence-corrected chi connectivity index (χ0v) is 20.4. The maximum atomic E-state index is 12.8. The highest BCUT2D eigenvalue weighted by molar-refractivity contribution is 8.47. The monoisotopic (exact) mass is 479 g/mol. The number of nitriles is 1.